The maximum absolute atomic E-state index is 12.5. The lowest BCUT2D eigenvalue weighted by atomic mass is 9.87. The number of ether oxygens (including phenoxy) is 3. The van der Waals surface area contributed by atoms with Gasteiger partial charge in [-0.15, -0.1) is 11.3 Å². The van der Waals surface area contributed by atoms with Crippen molar-refractivity contribution in [1.82, 2.24) is 103 Å². The largest absolute Gasteiger partial charge is 0.497 e. The molecule has 0 fully saturated rings. The minimum absolute atomic E-state index is 0.0800. The number of methoxy groups -OCH3 is 2. The summed E-state index contributed by atoms with van der Waals surface area (Å²) in [5, 5.41) is 30.7. The first kappa shape index (κ1) is 90.6. The Hall–Kier alpha value is -16.7. The van der Waals surface area contributed by atoms with Crippen LogP contribution < -0.4 is 63.3 Å². The first-order chi connectivity index (χ1) is 65.1. The summed E-state index contributed by atoms with van der Waals surface area (Å²) in [5.74, 6) is 7.21. The van der Waals surface area contributed by atoms with Gasteiger partial charge in [0, 0.05) is 93.4 Å². The quantitative estimate of drug-likeness (QED) is 0.0257. The van der Waals surface area contributed by atoms with Crippen LogP contribution in [0.15, 0.2) is 308 Å². The summed E-state index contributed by atoms with van der Waals surface area (Å²) >= 11 is 7.58. The highest BCUT2D eigenvalue weighted by molar-refractivity contribution is 7.13. The Morgan fingerprint density at radius 2 is 0.724 bits per heavy atom. The zero-order valence-electron chi connectivity index (χ0n) is 74.3. The van der Waals surface area contributed by atoms with Crippen LogP contribution in [0.2, 0.25) is 5.02 Å². The smallest absolute Gasteiger partial charge is 0.274 e. The Morgan fingerprint density at radius 3 is 1.13 bits per heavy atom. The molecule has 20 aromatic rings. The Kier molecular flexibility index (Phi) is 28.3. The summed E-state index contributed by atoms with van der Waals surface area (Å²) in [5.41, 5.74) is 13.2. The molecular weight excluding hydrogens is 1730 g/mol. The summed E-state index contributed by atoms with van der Waals surface area (Å²) in [6.45, 7) is 14.2. The van der Waals surface area contributed by atoms with Crippen LogP contribution in [0.5, 0.6) is 17.2 Å². The van der Waals surface area contributed by atoms with E-state index in [0.29, 0.717) is 131 Å². The van der Waals surface area contributed by atoms with Gasteiger partial charge in [-0.05, 0) is 152 Å². The molecule has 9 aromatic carbocycles. The van der Waals surface area contributed by atoms with Crippen molar-refractivity contribution < 1.29 is 14.2 Å². The fraction of sp³-hybridized carbons (Fsp3) is 0.162. The Balaban J connectivity index is 0.000000122. The Morgan fingerprint density at radius 1 is 0.373 bits per heavy atom. The van der Waals surface area contributed by atoms with E-state index in [1.807, 2.05) is 251 Å². The lowest BCUT2D eigenvalue weighted by Gasteiger charge is -2.18. The monoisotopic (exact) mass is 1830 g/mol. The number of hydrogen-bond acceptors (Lipinski definition) is 24. The van der Waals surface area contributed by atoms with E-state index in [1.54, 1.807) is 31.6 Å². The van der Waals surface area contributed by atoms with E-state index in [4.69, 9.17) is 25.8 Å². The second kappa shape index (κ2) is 41.8. The van der Waals surface area contributed by atoms with Crippen molar-refractivity contribution in [3.05, 3.63) is 386 Å². The third-order valence-corrected chi connectivity index (χ3v) is 22.1. The number of anilines is 4. The van der Waals surface area contributed by atoms with Gasteiger partial charge in [0.2, 0.25) is 0 Å². The molecule has 676 valence electrons. The maximum atomic E-state index is 12.5. The number of nitrogens with one attached hydrogen (secondary N) is 9. The minimum atomic E-state index is -0.217. The van der Waals surface area contributed by atoms with Crippen LogP contribution >= 0.6 is 22.9 Å². The first-order valence-corrected chi connectivity index (χ1v) is 44.0. The number of benzene rings is 9. The van der Waals surface area contributed by atoms with Crippen molar-refractivity contribution in [2.24, 2.45) is 0 Å². The van der Waals surface area contributed by atoms with E-state index in [9.17, 15) is 24.0 Å². The molecule has 35 heteroatoms. The number of aryl methyl sites for hydroxylation is 1. The van der Waals surface area contributed by atoms with E-state index in [0.717, 1.165) is 79.2 Å². The van der Waals surface area contributed by atoms with Crippen LogP contribution in [0.3, 0.4) is 0 Å². The molecule has 0 amide bonds. The predicted molar refractivity (Wildman–Crippen MR) is 523 cm³/mol. The molecule has 33 nitrogen and oxygen atoms in total. The number of aromatic nitrogens is 20. The summed E-state index contributed by atoms with van der Waals surface area (Å²) < 4.78 is 22.5. The van der Waals surface area contributed by atoms with Crippen LogP contribution in [0.25, 0.3) is 85.1 Å². The van der Waals surface area contributed by atoms with E-state index < -0.39 is 0 Å². The van der Waals surface area contributed by atoms with E-state index in [2.05, 4.69) is 147 Å². The zero-order valence-corrected chi connectivity index (χ0v) is 75.9. The third kappa shape index (κ3) is 22.9. The average Bonchev–Trinajstić information content (AvgIpc) is 1.66. The van der Waals surface area contributed by atoms with Gasteiger partial charge in [0.05, 0.1) is 80.4 Å². The van der Waals surface area contributed by atoms with E-state index >= 15 is 0 Å². The highest BCUT2D eigenvalue weighted by Gasteiger charge is 2.19. The van der Waals surface area contributed by atoms with Gasteiger partial charge in [0.25, 0.3) is 56.7 Å². The molecule has 134 heavy (non-hydrogen) atoms. The van der Waals surface area contributed by atoms with Gasteiger partial charge in [-0.2, -0.15) is 47.5 Å². The molecule has 0 spiro atoms. The van der Waals surface area contributed by atoms with E-state index in [-0.39, 0.29) is 33.2 Å². The summed E-state index contributed by atoms with van der Waals surface area (Å²) in [7, 11) is 5.26. The molecule has 9 N–H and O–H groups in total. The zero-order chi connectivity index (χ0) is 93.2. The summed E-state index contributed by atoms with van der Waals surface area (Å²) in [6.07, 6.45) is 0. The van der Waals surface area contributed by atoms with Crippen LogP contribution in [-0.2, 0) is 44.7 Å². The van der Waals surface area contributed by atoms with Gasteiger partial charge in [-0.25, -0.2) is 24.9 Å². The van der Waals surface area contributed by atoms with Crippen LogP contribution in [0, 0.1) is 6.92 Å². The molecule has 0 saturated carbocycles. The number of hydrogen-bond donors (Lipinski definition) is 9. The highest BCUT2D eigenvalue weighted by Crippen LogP contribution is 2.29. The van der Waals surface area contributed by atoms with Crippen LogP contribution in [-0.4, -0.2) is 131 Å². The number of H-pyrrole nitrogens is 5. The molecule has 0 atom stereocenters. The van der Waals surface area contributed by atoms with Crippen LogP contribution in [0.1, 0.15) is 72.9 Å². The van der Waals surface area contributed by atoms with Gasteiger partial charge in [-0.3, -0.25) is 54.4 Å². The fourth-order valence-corrected chi connectivity index (χ4v) is 14.9. The molecule has 0 radical (unpaired) electrons. The molecule has 0 bridgehead atoms. The van der Waals surface area contributed by atoms with Crippen molar-refractivity contribution in [1.29, 1.82) is 0 Å². The van der Waals surface area contributed by atoms with E-state index in [1.165, 1.54) is 58.0 Å². The molecule has 11 aromatic heterocycles. The molecule has 11 heterocycles. The van der Waals surface area contributed by atoms with Gasteiger partial charge in [0.1, 0.15) is 17.2 Å². The van der Waals surface area contributed by atoms with Gasteiger partial charge < -0.3 is 35.5 Å². The maximum Gasteiger partial charge on any atom is 0.274 e. The predicted octanol–water partition coefficient (Wildman–Crippen LogP) is 16.2. The lowest BCUT2D eigenvalue weighted by Crippen LogP contribution is -2.22. The Bertz CT molecular complexity index is 7690. The number of thiophene rings is 1. The topological polar surface area (TPSA) is 394 Å². The van der Waals surface area contributed by atoms with Crippen molar-refractivity contribution in [3.63, 3.8) is 0 Å². The second-order valence-corrected chi connectivity index (χ2v) is 33.2. The molecule has 0 saturated heterocycles. The first-order valence-electron chi connectivity index (χ1n) is 42.8. The van der Waals surface area contributed by atoms with Gasteiger partial charge in [-0.1, -0.05) is 178 Å². The number of para-hydroxylation sites is 1. The molecule has 0 aliphatic rings. The number of aromatic amines is 5. The van der Waals surface area contributed by atoms with Gasteiger partial charge >= 0.3 is 0 Å². The van der Waals surface area contributed by atoms with Crippen LogP contribution in [0.4, 0.5) is 22.7 Å². The number of halogens is 1. The highest BCUT2D eigenvalue weighted by atomic mass is 35.5. The second-order valence-electron chi connectivity index (χ2n) is 31.8. The van der Waals surface area contributed by atoms with Crippen molar-refractivity contribution in [2.45, 2.75) is 79.3 Å². The number of nitrogens with zero attached hydrogens (tertiary/aromatic N) is 16. The van der Waals surface area contributed by atoms with Crippen molar-refractivity contribution >= 4 is 74.6 Å². The number of fused-ring (bicyclic) bond motifs is 5. The SMILES string of the molecule is CCOc1ccc(NCc2cc(=O)n3[nH]c(-c4ccc(OC)cc4)nc3n2)cc1.CN(Cc1ccccc1)Cc1cc(=O)n2[nH]c(-c3ccccc3)nc2n1.COc1ccc(NCc2cc(=O)n3[nH]c(-c4ccc(C(C)(C)C)cc4)nc3n2)cc1.Cc1ccc(Cl)cc1NCc1cc(=O)n2[nH]c(-c3cccs3)nc2n1.O=c1cc(CNc2ccccc2)nc2nc(-c3ccccc3)[nH]n12. The molecule has 20 rings (SSSR count). The van der Waals surface area contributed by atoms with Crippen molar-refractivity contribution in [3.8, 4) is 73.5 Å². The standard InChI is InChI=1S/C23H25N5O2.C21H21N5O3.C20H19N5O.C18H15N5O.C17H14ClN5OS/c1-23(2,3)16-7-5-15(6-8-16)21-26-22-25-18(13-20(29)28(22)27-21)14-24-17-9-11-19(30-4)12-10-17;1-3-29-18-10-6-15(7-11-18)22-13-16-12-19(27)26-21(23-16)24-20(25-26)14-4-8-17(28-2)9-5-14;1-24(13-15-8-4-2-5-9-15)14-17-12-18(26)25-20(21-17)22-19(23-25)16-10-6-3-7-11-16;24-16-11-15(12-19-14-9-5-2-6-10-14)20-18-21-17(22-23(16)18)13-7-3-1-4-8-13;1-10-4-5-11(18)7-13(10)19-9-12-8-15(24)23-17(20-12)21-16(22-23)14-3-2-6-25-14/h5-13,24H,14H2,1-4H3,(H,25,26,27);4-12,22H,3,13H2,1-2H3,(H,23,24,25);2-12H,13-14H2,1H3,(H,21,22,23);1-11,19H,12H2,(H,20,21,22);2-8,19H,9H2,1H3,(H,20,21,22). The fourth-order valence-electron chi connectivity index (χ4n) is 14.1. The normalized spacial score (nSPS) is 11.1. The number of rotatable bonds is 25. The third-order valence-electron chi connectivity index (χ3n) is 21.0. The van der Waals surface area contributed by atoms with Gasteiger partial charge in [0.15, 0.2) is 29.1 Å². The molecular formula is C99H94ClN25O8S. The lowest BCUT2D eigenvalue weighted by molar-refractivity contribution is 0.315. The molecule has 0 unspecified atom stereocenters. The van der Waals surface area contributed by atoms with Crippen molar-refractivity contribution in [2.75, 3.05) is 49.1 Å². The summed E-state index contributed by atoms with van der Waals surface area (Å²) in [6, 6.07) is 87.2. The molecule has 0 aliphatic heterocycles. The molecule has 0 aliphatic carbocycles. The minimum Gasteiger partial charge on any atom is -0.497 e. The Labute approximate surface area is 775 Å². The summed E-state index contributed by atoms with van der Waals surface area (Å²) in [4.78, 5) is 110. The average molecular weight is 1830 g/mol.